The summed E-state index contributed by atoms with van der Waals surface area (Å²) >= 11 is 0. The molecule has 0 radical (unpaired) electrons. The minimum Gasteiger partial charge on any atom is -0.496 e. The van der Waals surface area contributed by atoms with E-state index in [2.05, 4.69) is 10.5 Å². The highest BCUT2D eigenvalue weighted by Gasteiger charge is 2.32. The van der Waals surface area contributed by atoms with Gasteiger partial charge in [0.25, 0.3) is 0 Å². The summed E-state index contributed by atoms with van der Waals surface area (Å²) in [7, 11) is -1.96. The first-order chi connectivity index (χ1) is 13.9. The van der Waals surface area contributed by atoms with Crippen LogP contribution in [-0.2, 0) is 14.8 Å². The molecule has 0 atom stereocenters. The molecule has 154 valence electrons. The van der Waals surface area contributed by atoms with Crippen LogP contribution in [0.25, 0.3) is 0 Å². The van der Waals surface area contributed by atoms with E-state index in [-0.39, 0.29) is 16.7 Å². The van der Waals surface area contributed by atoms with Crippen molar-refractivity contribution in [2.24, 2.45) is 11.0 Å². The number of carbonyl (C=O) groups is 1. The maximum atomic E-state index is 12.8. The van der Waals surface area contributed by atoms with Crippen LogP contribution in [0.2, 0.25) is 0 Å². The normalized spacial score (nSPS) is 16.1. The van der Waals surface area contributed by atoms with E-state index in [0.29, 0.717) is 31.7 Å². The topological polar surface area (TPSA) is 88.1 Å². The predicted molar refractivity (Wildman–Crippen MR) is 111 cm³/mol. The third kappa shape index (κ3) is 5.02. The van der Waals surface area contributed by atoms with E-state index in [1.807, 2.05) is 31.2 Å². The van der Waals surface area contributed by atoms with Gasteiger partial charge in [-0.3, -0.25) is 4.79 Å². The predicted octanol–water partition coefficient (Wildman–Crippen LogP) is 2.55. The Balaban J connectivity index is 1.55. The van der Waals surface area contributed by atoms with E-state index < -0.39 is 10.0 Å². The second-order valence-corrected chi connectivity index (χ2v) is 8.91. The summed E-state index contributed by atoms with van der Waals surface area (Å²) in [5.41, 5.74) is 4.32. The number of rotatable bonds is 6. The highest BCUT2D eigenvalue weighted by atomic mass is 32.2. The number of para-hydroxylation sites is 1. The molecule has 8 heteroatoms. The lowest BCUT2D eigenvalue weighted by molar-refractivity contribution is -0.126. The first kappa shape index (κ1) is 21.0. The van der Waals surface area contributed by atoms with Crippen molar-refractivity contribution in [2.45, 2.75) is 24.7 Å². The average molecular weight is 416 g/mol. The van der Waals surface area contributed by atoms with Crippen LogP contribution in [0, 0.1) is 12.8 Å². The first-order valence-corrected chi connectivity index (χ1v) is 10.9. The zero-order chi connectivity index (χ0) is 20.9. The highest BCUT2D eigenvalue weighted by Crippen LogP contribution is 2.24. The third-order valence-electron chi connectivity index (χ3n) is 5.00. The largest absolute Gasteiger partial charge is 0.496 e. The second kappa shape index (κ2) is 9.19. The van der Waals surface area contributed by atoms with Crippen LogP contribution < -0.4 is 10.2 Å². The van der Waals surface area contributed by atoms with E-state index in [1.165, 1.54) is 10.5 Å². The van der Waals surface area contributed by atoms with Crippen molar-refractivity contribution in [3.8, 4) is 5.75 Å². The van der Waals surface area contributed by atoms with Gasteiger partial charge in [-0.05, 0) is 44.0 Å². The molecule has 3 rings (SSSR count). The molecule has 7 nitrogen and oxygen atoms in total. The summed E-state index contributed by atoms with van der Waals surface area (Å²) in [6.07, 6.45) is 2.45. The van der Waals surface area contributed by atoms with Crippen molar-refractivity contribution in [3.05, 3.63) is 59.7 Å². The van der Waals surface area contributed by atoms with Gasteiger partial charge >= 0.3 is 0 Å². The zero-order valence-electron chi connectivity index (χ0n) is 16.5. The van der Waals surface area contributed by atoms with Gasteiger partial charge in [-0.25, -0.2) is 13.8 Å². The number of benzene rings is 2. The van der Waals surface area contributed by atoms with Gasteiger partial charge < -0.3 is 4.74 Å². The number of hydrazone groups is 1. The van der Waals surface area contributed by atoms with E-state index in [0.717, 1.165) is 11.1 Å². The standard InChI is InChI=1S/C21H25N3O4S/c1-16-7-9-19(10-8-16)29(26,27)24-13-11-17(12-14-24)21(25)23-22-15-18-5-3-4-6-20(18)28-2/h3-10,15,17H,11-14H2,1-2H3,(H,23,25)/b22-15+. The maximum Gasteiger partial charge on any atom is 0.243 e. The van der Waals surface area contributed by atoms with Crippen molar-refractivity contribution in [1.82, 2.24) is 9.73 Å². The number of nitrogens with zero attached hydrogens (tertiary/aromatic N) is 2. The van der Waals surface area contributed by atoms with E-state index in [9.17, 15) is 13.2 Å². The van der Waals surface area contributed by atoms with Gasteiger partial charge in [-0.15, -0.1) is 0 Å². The number of ether oxygens (including phenoxy) is 1. The Morgan fingerprint density at radius 1 is 1.14 bits per heavy atom. The van der Waals surface area contributed by atoms with Crippen LogP contribution in [0.4, 0.5) is 0 Å². The smallest absolute Gasteiger partial charge is 0.243 e. The minimum atomic E-state index is -3.53. The van der Waals surface area contributed by atoms with Crippen LogP contribution in [0.15, 0.2) is 58.5 Å². The molecule has 0 bridgehead atoms. The molecule has 2 aromatic rings. The molecule has 1 aliphatic rings. The lowest BCUT2D eigenvalue weighted by Crippen LogP contribution is -2.42. The molecule has 0 saturated carbocycles. The van der Waals surface area contributed by atoms with Crippen molar-refractivity contribution < 1.29 is 17.9 Å². The second-order valence-electron chi connectivity index (χ2n) is 6.97. The van der Waals surface area contributed by atoms with E-state index in [1.54, 1.807) is 31.4 Å². The molecular weight excluding hydrogens is 390 g/mol. The van der Waals surface area contributed by atoms with Gasteiger partial charge in [0, 0.05) is 24.6 Å². The molecule has 1 fully saturated rings. The molecular formula is C21H25N3O4S. The quantitative estimate of drug-likeness (QED) is 0.580. The summed E-state index contributed by atoms with van der Waals surface area (Å²) in [6.45, 7) is 2.53. The lowest BCUT2D eigenvalue weighted by atomic mass is 9.98. The van der Waals surface area contributed by atoms with Gasteiger partial charge in [-0.2, -0.15) is 9.41 Å². The summed E-state index contributed by atoms with van der Waals surface area (Å²) in [5, 5.41) is 4.01. The molecule has 0 aliphatic carbocycles. The summed E-state index contributed by atoms with van der Waals surface area (Å²) < 4.78 is 32.2. The molecule has 1 N–H and O–H groups in total. The number of piperidine rings is 1. The number of nitrogens with one attached hydrogen (secondary N) is 1. The van der Waals surface area contributed by atoms with Crippen LogP contribution in [0.3, 0.4) is 0 Å². The van der Waals surface area contributed by atoms with Crippen LogP contribution >= 0.6 is 0 Å². The number of methoxy groups -OCH3 is 1. The molecule has 0 spiro atoms. The fourth-order valence-electron chi connectivity index (χ4n) is 3.25. The SMILES string of the molecule is COc1ccccc1/C=N/NC(=O)C1CCN(S(=O)(=O)c2ccc(C)cc2)CC1. The van der Waals surface area contributed by atoms with Crippen LogP contribution in [-0.4, -0.2) is 45.0 Å². The highest BCUT2D eigenvalue weighted by molar-refractivity contribution is 7.89. The van der Waals surface area contributed by atoms with Crippen molar-refractivity contribution in [1.29, 1.82) is 0 Å². The molecule has 0 aromatic heterocycles. The van der Waals surface area contributed by atoms with Gasteiger partial charge in [0.05, 0.1) is 18.2 Å². The Hall–Kier alpha value is -2.71. The number of hydrogen-bond donors (Lipinski definition) is 1. The van der Waals surface area contributed by atoms with Crippen molar-refractivity contribution >= 4 is 22.1 Å². The minimum absolute atomic E-state index is 0.205. The number of aryl methyl sites for hydroxylation is 1. The average Bonchev–Trinajstić information content (AvgIpc) is 2.74. The Morgan fingerprint density at radius 2 is 1.79 bits per heavy atom. The van der Waals surface area contributed by atoms with Crippen LogP contribution in [0.5, 0.6) is 5.75 Å². The fourth-order valence-corrected chi connectivity index (χ4v) is 4.72. The first-order valence-electron chi connectivity index (χ1n) is 9.44. The molecule has 1 amide bonds. The number of hydrogen-bond acceptors (Lipinski definition) is 5. The number of amides is 1. The Labute approximate surface area is 171 Å². The molecule has 2 aromatic carbocycles. The number of sulfonamides is 1. The summed E-state index contributed by atoms with van der Waals surface area (Å²) in [5.74, 6) is 0.193. The Kier molecular flexibility index (Phi) is 6.66. The van der Waals surface area contributed by atoms with Gasteiger partial charge in [0.1, 0.15) is 5.75 Å². The monoisotopic (exact) mass is 415 g/mol. The summed E-state index contributed by atoms with van der Waals surface area (Å²) in [4.78, 5) is 12.7. The van der Waals surface area contributed by atoms with Gasteiger partial charge in [0.2, 0.25) is 15.9 Å². The lowest BCUT2D eigenvalue weighted by Gasteiger charge is -2.30. The van der Waals surface area contributed by atoms with E-state index in [4.69, 9.17) is 4.74 Å². The van der Waals surface area contributed by atoms with Crippen molar-refractivity contribution in [2.75, 3.05) is 20.2 Å². The van der Waals surface area contributed by atoms with Crippen LogP contribution in [0.1, 0.15) is 24.0 Å². The van der Waals surface area contributed by atoms with Gasteiger partial charge in [-0.1, -0.05) is 29.8 Å². The molecule has 1 aliphatic heterocycles. The molecule has 1 heterocycles. The van der Waals surface area contributed by atoms with E-state index >= 15 is 0 Å². The van der Waals surface area contributed by atoms with Crippen molar-refractivity contribution in [3.63, 3.8) is 0 Å². The maximum absolute atomic E-state index is 12.8. The molecule has 1 saturated heterocycles. The third-order valence-corrected chi connectivity index (χ3v) is 6.91. The Morgan fingerprint density at radius 3 is 2.45 bits per heavy atom. The number of carbonyl (C=O) groups excluding carboxylic acids is 1. The zero-order valence-corrected chi connectivity index (χ0v) is 17.4. The van der Waals surface area contributed by atoms with Gasteiger partial charge in [0.15, 0.2) is 0 Å². The fraction of sp³-hybridized carbons (Fsp3) is 0.333. The Bertz CT molecular complexity index is 979. The molecule has 29 heavy (non-hydrogen) atoms. The molecule has 0 unspecified atom stereocenters. The summed E-state index contributed by atoms with van der Waals surface area (Å²) in [6, 6.07) is 14.2.